The first-order valence-electron chi connectivity index (χ1n) is 9.94. The fourth-order valence-electron chi connectivity index (χ4n) is 3.84. The van der Waals surface area contributed by atoms with Crippen LogP contribution in [0, 0.1) is 6.92 Å². The van der Waals surface area contributed by atoms with Crippen molar-refractivity contribution in [3.05, 3.63) is 89.5 Å². The number of rotatable bonds is 6. The van der Waals surface area contributed by atoms with E-state index in [1.165, 1.54) is 22.3 Å². The molecule has 1 N–H and O–H groups in total. The number of aliphatic hydroxyl groups is 1. The highest BCUT2D eigenvalue weighted by molar-refractivity contribution is 5.65. The molecule has 1 unspecified atom stereocenters. The van der Waals surface area contributed by atoms with Gasteiger partial charge in [-0.25, -0.2) is 0 Å². The van der Waals surface area contributed by atoms with Gasteiger partial charge in [-0.15, -0.1) is 0 Å². The molecule has 4 rings (SSSR count). The molecule has 0 saturated heterocycles. The zero-order valence-electron chi connectivity index (χ0n) is 16.3. The third-order valence-corrected chi connectivity index (χ3v) is 5.31. The topological polar surface area (TPSA) is 32.7 Å². The van der Waals surface area contributed by atoms with Crippen LogP contribution in [0.1, 0.15) is 16.7 Å². The van der Waals surface area contributed by atoms with Crippen LogP contribution in [0.15, 0.2) is 72.8 Å². The summed E-state index contributed by atoms with van der Waals surface area (Å²) in [7, 11) is 0. The molecule has 0 bridgehead atoms. The van der Waals surface area contributed by atoms with Crippen molar-refractivity contribution in [2.45, 2.75) is 26.0 Å². The molecule has 1 atom stereocenters. The lowest BCUT2D eigenvalue weighted by atomic mass is 10.00. The van der Waals surface area contributed by atoms with Gasteiger partial charge in [0.15, 0.2) is 0 Å². The summed E-state index contributed by atoms with van der Waals surface area (Å²) in [5.74, 6) is 0.794. The van der Waals surface area contributed by atoms with Crippen molar-refractivity contribution < 1.29 is 9.84 Å². The van der Waals surface area contributed by atoms with Gasteiger partial charge < -0.3 is 9.84 Å². The molecule has 1 aliphatic heterocycles. The van der Waals surface area contributed by atoms with Gasteiger partial charge in [0.25, 0.3) is 0 Å². The zero-order valence-corrected chi connectivity index (χ0v) is 16.3. The molecule has 3 heteroatoms. The smallest absolute Gasteiger partial charge is 0.120 e. The standard InChI is InChI=1S/C25H27NO2/c1-19-6-4-9-21(14-19)22-10-5-11-25(15-22)28-18-24(27)17-26-13-12-20-7-2-3-8-23(20)16-26/h2-11,14-15,24,27H,12-13,16-18H2,1H3. The Balaban J connectivity index is 1.33. The summed E-state index contributed by atoms with van der Waals surface area (Å²) in [6, 6.07) is 25.1. The van der Waals surface area contributed by atoms with E-state index >= 15 is 0 Å². The van der Waals surface area contributed by atoms with E-state index in [0.717, 1.165) is 30.8 Å². The molecule has 0 amide bonds. The number of aryl methyl sites for hydroxylation is 1. The molecule has 0 fully saturated rings. The van der Waals surface area contributed by atoms with Crippen molar-refractivity contribution in [2.24, 2.45) is 0 Å². The molecule has 3 nitrogen and oxygen atoms in total. The maximum atomic E-state index is 10.5. The summed E-state index contributed by atoms with van der Waals surface area (Å²) < 4.78 is 5.89. The summed E-state index contributed by atoms with van der Waals surface area (Å²) in [5, 5.41) is 10.5. The summed E-state index contributed by atoms with van der Waals surface area (Å²) in [5.41, 5.74) is 6.34. The minimum atomic E-state index is -0.507. The monoisotopic (exact) mass is 373 g/mol. The average molecular weight is 373 g/mol. The highest BCUT2D eigenvalue weighted by Crippen LogP contribution is 2.25. The highest BCUT2D eigenvalue weighted by Gasteiger charge is 2.18. The first kappa shape index (κ1) is 18.7. The molecule has 3 aromatic rings. The van der Waals surface area contributed by atoms with Crippen LogP contribution < -0.4 is 4.74 Å². The lowest BCUT2D eigenvalue weighted by Gasteiger charge is -2.30. The fourth-order valence-corrected chi connectivity index (χ4v) is 3.84. The number of aliphatic hydroxyl groups excluding tert-OH is 1. The predicted molar refractivity (Wildman–Crippen MR) is 114 cm³/mol. The summed E-state index contributed by atoms with van der Waals surface area (Å²) in [6.07, 6.45) is 0.537. The second kappa shape index (κ2) is 8.59. The van der Waals surface area contributed by atoms with Crippen molar-refractivity contribution in [3.63, 3.8) is 0 Å². The van der Waals surface area contributed by atoms with Gasteiger partial charge in [-0.2, -0.15) is 0 Å². The Morgan fingerprint density at radius 3 is 2.50 bits per heavy atom. The van der Waals surface area contributed by atoms with E-state index in [0.29, 0.717) is 13.2 Å². The summed E-state index contributed by atoms with van der Waals surface area (Å²) in [6.45, 7) is 4.91. The lowest BCUT2D eigenvalue weighted by molar-refractivity contribution is 0.0638. The average Bonchev–Trinajstić information content (AvgIpc) is 2.72. The van der Waals surface area contributed by atoms with Crippen LogP contribution in [0.3, 0.4) is 0 Å². The zero-order chi connectivity index (χ0) is 19.3. The molecule has 0 saturated carbocycles. The van der Waals surface area contributed by atoms with Gasteiger partial charge in [-0.05, 0) is 47.7 Å². The van der Waals surface area contributed by atoms with E-state index < -0.39 is 6.10 Å². The van der Waals surface area contributed by atoms with Crippen LogP contribution in [-0.2, 0) is 13.0 Å². The number of ether oxygens (including phenoxy) is 1. The van der Waals surface area contributed by atoms with Gasteiger partial charge in [0, 0.05) is 19.6 Å². The molecule has 1 heterocycles. The Morgan fingerprint density at radius 2 is 1.68 bits per heavy atom. The second-order valence-corrected chi connectivity index (χ2v) is 7.62. The van der Waals surface area contributed by atoms with Crippen LogP contribution in [0.5, 0.6) is 5.75 Å². The van der Waals surface area contributed by atoms with Gasteiger partial charge in [0.05, 0.1) is 0 Å². The predicted octanol–water partition coefficient (Wildman–Crippen LogP) is 4.46. The number of nitrogens with zero attached hydrogens (tertiary/aromatic N) is 1. The van der Waals surface area contributed by atoms with Gasteiger partial charge in [0.2, 0.25) is 0 Å². The van der Waals surface area contributed by atoms with E-state index in [4.69, 9.17) is 4.74 Å². The molecular weight excluding hydrogens is 346 g/mol. The first-order valence-corrected chi connectivity index (χ1v) is 9.94. The van der Waals surface area contributed by atoms with Gasteiger partial charge >= 0.3 is 0 Å². The summed E-state index contributed by atoms with van der Waals surface area (Å²) in [4.78, 5) is 2.31. The second-order valence-electron chi connectivity index (χ2n) is 7.62. The fraction of sp³-hybridized carbons (Fsp3) is 0.280. The van der Waals surface area contributed by atoms with Gasteiger partial charge in [-0.3, -0.25) is 4.90 Å². The molecular formula is C25H27NO2. The van der Waals surface area contributed by atoms with Gasteiger partial charge in [-0.1, -0.05) is 66.2 Å². The highest BCUT2D eigenvalue weighted by atomic mass is 16.5. The van der Waals surface area contributed by atoms with Crippen molar-refractivity contribution in [1.82, 2.24) is 4.90 Å². The molecule has 0 aromatic heterocycles. The number of hydrogen-bond donors (Lipinski definition) is 1. The van der Waals surface area contributed by atoms with Crippen LogP contribution in [-0.4, -0.2) is 35.8 Å². The largest absolute Gasteiger partial charge is 0.491 e. The normalized spacial score (nSPS) is 15.1. The van der Waals surface area contributed by atoms with E-state index in [2.05, 4.69) is 66.4 Å². The molecule has 3 aromatic carbocycles. The Labute approximate surface area is 167 Å². The molecule has 28 heavy (non-hydrogen) atoms. The summed E-state index contributed by atoms with van der Waals surface area (Å²) >= 11 is 0. The molecule has 0 radical (unpaired) electrons. The van der Waals surface area contributed by atoms with Crippen molar-refractivity contribution in [1.29, 1.82) is 0 Å². The van der Waals surface area contributed by atoms with Crippen LogP contribution in [0.2, 0.25) is 0 Å². The third-order valence-electron chi connectivity index (χ3n) is 5.31. The number of benzene rings is 3. The van der Waals surface area contributed by atoms with Crippen molar-refractivity contribution >= 4 is 0 Å². The molecule has 0 spiro atoms. The van der Waals surface area contributed by atoms with Gasteiger partial charge in [0.1, 0.15) is 18.5 Å². The molecule has 0 aliphatic carbocycles. The molecule has 1 aliphatic rings. The van der Waals surface area contributed by atoms with Crippen molar-refractivity contribution in [2.75, 3.05) is 19.7 Å². The van der Waals surface area contributed by atoms with Crippen LogP contribution >= 0.6 is 0 Å². The van der Waals surface area contributed by atoms with E-state index in [9.17, 15) is 5.11 Å². The van der Waals surface area contributed by atoms with E-state index in [1.807, 2.05) is 18.2 Å². The lowest BCUT2D eigenvalue weighted by Crippen LogP contribution is -2.38. The minimum absolute atomic E-state index is 0.301. The number of hydrogen-bond acceptors (Lipinski definition) is 3. The van der Waals surface area contributed by atoms with Crippen molar-refractivity contribution in [3.8, 4) is 16.9 Å². The van der Waals surface area contributed by atoms with Crippen LogP contribution in [0.4, 0.5) is 0 Å². The minimum Gasteiger partial charge on any atom is -0.491 e. The maximum Gasteiger partial charge on any atom is 0.120 e. The quantitative estimate of drug-likeness (QED) is 0.692. The SMILES string of the molecule is Cc1cccc(-c2cccc(OCC(O)CN3CCc4ccccc4C3)c2)c1. The first-order chi connectivity index (χ1) is 13.7. The Kier molecular flexibility index (Phi) is 5.75. The number of fused-ring (bicyclic) bond motifs is 1. The molecule has 144 valence electrons. The Hall–Kier alpha value is -2.62. The number of β-amino-alcohol motifs (C(OH)–C–C–N with tert-alkyl or cyclic N) is 1. The maximum absolute atomic E-state index is 10.5. The van der Waals surface area contributed by atoms with E-state index in [-0.39, 0.29) is 0 Å². The Bertz CT molecular complexity index is 937. The Morgan fingerprint density at radius 1 is 0.929 bits per heavy atom. The van der Waals surface area contributed by atoms with Crippen LogP contribution in [0.25, 0.3) is 11.1 Å². The van der Waals surface area contributed by atoms with E-state index in [1.54, 1.807) is 0 Å². The third kappa shape index (κ3) is 4.61.